The SMILES string of the molecule is CC[C@@H]1CN(c2sc(C(F)(F)F)nc2Br)CCN1C(=O)OC(C)(C)C. The van der Waals surface area contributed by atoms with E-state index in [1.165, 1.54) is 0 Å². The lowest BCUT2D eigenvalue weighted by molar-refractivity contribution is -0.137. The molecule has 25 heavy (non-hydrogen) atoms. The number of nitrogens with zero attached hydrogens (tertiary/aromatic N) is 3. The van der Waals surface area contributed by atoms with Crippen LogP contribution < -0.4 is 4.90 Å². The summed E-state index contributed by atoms with van der Waals surface area (Å²) < 4.78 is 44.2. The Kier molecular flexibility index (Phi) is 5.92. The minimum absolute atomic E-state index is 0.132. The molecule has 5 nitrogen and oxygen atoms in total. The highest BCUT2D eigenvalue weighted by molar-refractivity contribution is 9.10. The summed E-state index contributed by atoms with van der Waals surface area (Å²) >= 11 is 3.74. The average molecular weight is 444 g/mol. The molecular weight excluding hydrogens is 423 g/mol. The molecule has 1 aliphatic rings. The van der Waals surface area contributed by atoms with Gasteiger partial charge < -0.3 is 14.5 Å². The van der Waals surface area contributed by atoms with Gasteiger partial charge in [-0.2, -0.15) is 13.2 Å². The van der Waals surface area contributed by atoms with Crippen molar-refractivity contribution in [2.75, 3.05) is 24.5 Å². The molecule has 2 rings (SSSR count). The maximum atomic E-state index is 12.9. The summed E-state index contributed by atoms with van der Waals surface area (Å²) in [6, 6.07) is -0.132. The molecular formula is C15H21BrF3N3O2S. The van der Waals surface area contributed by atoms with Crippen molar-refractivity contribution >= 4 is 38.4 Å². The Labute approximate surface area is 157 Å². The molecule has 0 unspecified atom stereocenters. The highest BCUT2D eigenvalue weighted by Crippen LogP contribution is 2.41. The van der Waals surface area contributed by atoms with E-state index in [9.17, 15) is 18.0 Å². The van der Waals surface area contributed by atoms with Crippen molar-refractivity contribution in [3.8, 4) is 0 Å². The number of thiazole rings is 1. The Bertz CT molecular complexity index is 631. The van der Waals surface area contributed by atoms with Crippen LogP contribution in [0.25, 0.3) is 0 Å². The summed E-state index contributed by atoms with van der Waals surface area (Å²) in [5.74, 6) is 0. The number of aromatic nitrogens is 1. The Morgan fingerprint density at radius 1 is 1.36 bits per heavy atom. The lowest BCUT2D eigenvalue weighted by atomic mass is 10.1. The van der Waals surface area contributed by atoms with Crippen molar-refractivity contribution in [2.45, 2.75) is 51.9 Å². The zero-order valence-corrected chi connectivity index (χ0v) is 16.9. The Morgan fingerprint density at radius 3 is 2.48 bits per heavy atom. The second-order valence-electron chi connectivity index (χ2n) is 6.79. The molecule has 1 aliphatic heterocycles. The zero-order chi connectivity index (χ0) is 19.0. The monoisotopic (exact) mass is 443 g/mol. The minimum atomic E-state index is -4.46. The first kappa shape index (κ1) is 20.3. The van der Waals surface area contributed by atoms with Crippen LogP contribution in [0, 0.1) is 0 Å². The first-order valence-electron chi connectivity index (χ1n) is 7.90. The summed E-state index contributed by atoms with van der Waals surface area (Å²) in [5, 5.41) is -0.438. The molecule has 1 amide bonds. The van der Waals surface area contributed by atoms with Crippen molar-refractivity contribution in [1.29, 1.82) is 0 Å². The van der Waals surface area contributed by atoms with E-state index in [0.29, 0.717) is 42.4 Å². The van der Waals surface area contributed by atoms with E-state index in [1.54, 1.807) is 25.7 Å². The Balaban J connectivity index is 2.14. The summed E-state index contributed by atoms with van der Waals surface area (Å²) in [6.45, 7) is 8.59. The fourth-order valence-electron chi connectivity index (χ4n) is 2.56. The third-order valence-electron chi connectivity index (χ3n) is 3.68. The molecule has 0 saturated carbocycles. The van der Waals surface area contributed by atoms with Gasteiger partial charge in [-0.1, -0.05) is 18.3 Å². The van der Waals surface area contributed by atoms with Crippen molar-refractivity contribution in [3.63, 3.8) is 0 Å². The van der Waals surface area contributed by atoms with Crippen LogP contribution in [0.15, 0.2) is 4.60 Å². The third kappa shape index (κ3) is 4.99. The van der Waals surface area contributed by atoms with Gasteiger partial charge in [-0.25, -0.2) is 9.78 Å². The quantitative estimate of drug-likeness (QED) is 0.660. The maximum absolute atomic E-state index is 12.9. The largest absolute Gasteiger partial charge is 0.444 e. The number of carbonyl (C=O) groups excluding carboxylic acids is 1. The van der Waals surface area contributed by atoms with Crippen molar-refractivity contribution in [1.82, 2.24) is 9.88 Å². The van der Waals surface area contributed by atoms with E-state index in [1.807, 2.05) is 11.8 Å². The zero-order valence-electron chi connectivity index (χ0n) is 14.5. The molecule has 0 aliphatic carbocycles. The standard InChI is InChI=1S/C15H21BrF3N3O2S/c1-5-9-8-21(6-7-22(9)13(23)24-14(2,3)4)11-10(16)20-12(25-11)15(17,18)19/h9H,5-8H2,1-4H3/t9-/m1/s1. The molecule has 1 fully saturated rings. The fraction of sp³-hybridized carbons (Fsp3) is 0.733. The number of anilines is 1. The smallest absolute Gasteiger partial charge is 0.443 e. The van der Waals surface area contributed by atoms with E-state index < -0.39 is 22.9 Å². The molecule has 1 aromatic rings. The van der Waals surface area contributed by atoms with Gasteiger partial charge in [0.2, 0.25) is 5.01 Å². The van der Waals surface area contributed by atoms with Crippen LogP contribution in [0.2, 0.25) is 0 Å². The van der Waals surface area contributed by atoms with Crippen LogP contribution in [0.3, 0.4) is 0 Å². The number of rotatable bonds is 2. The number of piperazine rings is 1. The third-order valence-corrected chi connectivity index (χ3v) is 5.66. The van der Waals surface area contributed by atoms with Crippen LogP contribution in [0.1, 0.15) is 39.1 Å². The molecule has 0 bridgehead atoms. The second kappa shape index (κ2) is 7.30. The van der Waals surface area contributed by atoms with Gasteiger partial charge in [-0.3, -0.25) is 0 Å². The Hall–Kier alpha value is -1.03. The van der Waals surface area contributed by atoms with Crippen molar-refractivity contribution < 1.29 is 22.7 Å². The van der Waals surface area contributed by atoms with Crippen molar-refractivity contribution in [3.05, 3.63) is 9.61 Å². The summed E-state index contributed by atoms with van der Waals surface area (Å²) in [4.78, 5) is 19.4. The van der Waals surface area contributed by atoms with Gasteiger partial charge in [0.05, 0.1) is 6.04 Å². The number of amides is 1. The predicted molar refractivity (Wildman–Crippen MR) is 94.0 cm³/mol. The molecule has 10 heteroatoms. The fourth-order valence-corrected chi connectivity index (χ4v) is 4.21. The number of hydrogen-bond donors (Lipinski definition) is 0. The van der Waals surface area contributed by atoms with E-state index in [2.05, 4.69) is 20.9 Å². The molecule has 0 radical (unpaired) electrons. The van der Waals surface area contributed by atoms with Crippen LogP contribution in [0.5, 0.6) is 0 Å². The first-order chi connectivity index (χ1) is 11.4. The van der Waals surface area contributed by atoms with Crippen LogP contribution in [-0.2, 0) is 10.9 Å². The van der Waals surface area contributed by atoms with Gasteiger partial charge >= 0.3 is 12.3 Å². The number of hydrogen-bond acceptors (Lipinski definition) is 5. The molecule has 1 aromatic heterocycles. The number of carbonyl (C=O) groups is 1. The number of alkyl halides is 3. The van der Waals surface area contributed by atoms with Crippen LogP contribution in [0.4, 0.5) is 23.0 Å². The summed E-state index contributed by atoms with van der Waals surface area (Å²) in [7, 11) is 0. The molecule has 0 aromatic carbocycles. The van der Waals surface area contributed by atoms with Crippen molar-refractivity contribution in [2.24, 2.45) is 0 Å². The van der Waals surface area contributed by atoms with Crippen LogP contribution in [-0.4, -0.2) is 47.3 Å². The molecule has 0 spiro atoms. The average Bonchev–Trinajstić information content (AvgIpc) is 2.87. The molecule has 1 atom stereocenters. The highest BCUT2D eigenvalue weighted by Gasteiger charge is 2.38. The van der Waals surface area contributed by atoms with E-state index in [-0.39, 0.29) is 10.6 Å². The summed E-state index contributed by atoms with van der Waals surface area (Å²) in [5.41, 5.74) is -0.588. The highest BCUT2D eigenvalue weighted by atomic mass is 79.9. The molecule has 1 saturated heterocycles. The van der Waals surface area contributed by atoms with Gasteiger partial charge in [0.1, 0.15) is 15.2 Å². The number of halogens is 4. The minimum Gasteiger partial charge on any atom is -0.444 e. The summed E-state index contributed by atoms with van der Waals surface area (Å²) in [6.07, 6.45) is -4.18. The second-order valence-corrected chi connectivity index (χ2v) is 8.52. The maximum Gasteiger partial charge on any atom is 0.443 e. The topological polar surface area (TPSA) is 45.7 Å². The lowest BCUT2D eigenvalue weighted by Crippen LogP contribution is -2.56. The van der Waals surface area contributed by atoms with E-state index >= 15 is 0 Å². The molecule has 142 valence electrons. The van der Waals surface area contributed by atoms with Gasteiger partial charge in [0.25, 0.3) is 0 Å². The first-order valence-corrected chi connectivity index (χ1v) is 9.51. The lowest BCUT2D eigenvalue weighted by Gasteiger charge is -2.41. The number of ether oxygens (including phenoxy) is 1. The molecule has 2 heterocycles. The normalized spacial score (nSPS) is 19.3. The van der Waals surface area contributed by atoms with Gasteiger partial charge in [0, 0.05) is 19.6 Å². The van der Waals surface area contributed by atoms with Gasteiger partial charge in [-0.05, 0) is 43.1 Å². The molecule has 0 N–H and O–H groups in total. The van der Waals surface area contributed by atoms with Gasteiger partial charge in [-0.15, -0.1) is 0 Å². The Morgan fingerprint density at radius 2 is 2.00 bits per heavy atom. The van der Waals surface area contributed by atoms with Crippen LogP contribution >= 0.6 is 27.3 Å². The van der Waals surface area contributed by atoms with E-state index in [4.69, 9.17) is 4.74 Å². The predicted octanol–water partition coefficient (Wildman–Crippen LogP) is 4.76. The van der Waals surface area contributed by atoms with Gasteiger partial charge in [0.15, 0.2) is 0 Å². The van der Waals surface area contributed by atoms with E-state index in [0.717, 1.165) is 0 Å².